The molecule has 0 atom stereocenters. The molecule has 0 aliphatic heterocycles. The molecule has 1 N–H and O–H groups in total. The van der Waals surface area contributed by atoms with Crippen LogP contribution in [-0.4, -0.2) is 18.3 Å². The Bertz CT molecular complexity index is 742. The topological polar surface area (TPSA) is 55.4 Å². The molecule has 0 aliphatic rings. The van der Waals surface area contributed by atoms with Gasteiger partial charge < -0.3 is 10.1 Å². The van der Waals surface area contributed by atoms with Gasteiger partial charge in [-0.25, -0.2) is 0 Å². The Morgan fingerprint density at radius 1 is 1.00 bits per heavy atom. The lowest BCUT2D eigenvalue weighted by atomic mass is 9.86. The van der Waals surface area contributed by atoms with Crippen LogP contribution in [0.3, 0.4) is 0 Å². The van der Waals surface area contributed by atoms with E-state index in [4.69, 9.17) is 4.74 Å². The first-order chi connectivity index (χ1) is 11.8. The molecule has 0 aromatic heterocycles. The number of ketones is 1. The van der Waals surface area contributed by atoms with E-state index in [0.29, 0.717) is 17.7 Å². The summed E-state index contributed by atoms with van der Waals surface area (Å²) in [4.78, 5) is 23.8. The van der Waals surface area contributed by atoms with E-state index >= 15 is 0 Å². The van der Waals surface area contributed by atoms with Crippen LogP contribution in [0.25, 0.3) is 0 Å². The Labute approximate surface area is 149 Å². The number of benzene rings is 2. The lowest BCUT2D eigenvalue weighted by Gasteiger charge is -2.23. The van der Waals surface area contributed by atoms with Crippen LogP contribution in [0.1, 0.15) is 50.0 Å². The monoisotopic (exact) mass is 339 g/mol. The van der Waals surface area contributed by atoms with Gasteiger partial charge in [-0.2, -0.15) is 0 Å². The number of rotatable bonds is 6. The van der Waals surface area contributed by atoms with E-state index in [9.17, 15) is 9.59 Å². The van der Waals surface area contributed by atoms with Gasteiger partial charge in [-0.1, -0.05) is 45.9 Å². The Hall–Kier alpha value is -2.62. The first-order valence-corrected chi connectivity index (χ1v) is 8.46. The van der Waals surface area contributed by atoms with Crippen molar-refractivity contribution in [3.63, 3.8) is 0 Å². The Morgan fingerprint density at radius 2 is 1.64 bits per heavy atom. The van der Waals surface area contributed by atoms with E-state index in [2.05, 4.69) is 26.1 Å². The number of carbonyl (C=O) groups is 2. The van der Waals surface area contributed by atoms with E-state index in [-0.39, 0.29) is 23.7 Å². The molecule has 4 heteroatoms. The fraction of sp³-hybridized carbons (Fsp3) is 0.333. The maximum atomic E-state index is 12.2. The number of amides is 1. The quantitative estimate of drug-likeness (QED) is 0.783. The van der Waals surface area contributed by atoms with Gasteiger partial charge >= 0.3 is 0 Å². The van der Waals surface area contributed by atoms with Crippen LogP contribution in [0, 0.1) is 0 Å². The van der Waals surface area contributed by atoms with E-state index in [0.717, 1.165) is 11.3 Å². The van der Waals surface area contributed by atoms with Crippen molar-refractivity contribution in [2.75, 3.05) is 11.9 Å². The van der Waals surface area contributed by atoms with Crippen molar-refractivity contribution in [3.8, 4) is 5.75 Å². The van der Waals surface area contributed by atoms with E-state index in [1.807, 2.05) is 31.2 Å². The summed E-state index contributed by atoms with van der Waals surface area (Å²) in [7, 11) is 0. The molecule has 0 aliphatic carbocycles. The molecule has 132 valence electrons. The van der Waals surface area contributed by atoms with Crippen molar-refractivity contribution in [2.45, 2.75) is 39.5 Å². The van der Waals surface area contributed by atoms with Crippen molar-refractivity contribution >= 4 is 17.4 Å². The number of para-hydroxylation sites is 1. The highest BCUT2D eigenvalue weighted by molar-refractivity contribution is 5.96. The van der Waals surface area contributed by atoms with Gasteiger partial charge in [0.15, 0.2) is 12.4 Å². The third-order valence-electron chi connectivity index (χ3n) is 3.88. The minimum absolute atomic E-state index is 0.0631. The molecule has 0 bridgehead atoms. The summed E-state index contributed by atoms with van der Waals surface area (Å²) in [6.07, 6.45) is 0.468. The van der Waals surface area contributed by atoms with Crippen molar-refractivity contribution in [1.82, 2.24) is 0 Å². The van der Waals surface area contributed by atoms with Crippen molar-refractivity contribution in [2.24, 2.45) is 0 Å². The summed E-state index contributed by atoms with van der Waals surface area (Å²) in [5.74, 6) is 0.431. The van der Waals surface area contributed by atoms with Gasteiger partial charge in [0.25, 0.3) is 5.91 Å². The number of anilines is 1. The van der Waals surface area contributed by atoms with E-state index in [1.165, 1.54) is 0 Å². The van der Waals surface area contributed by atoms with Gasteiger partial charge in [-0.05, 0) is 41.3 Å². The van der Waals surface area contributed by atoms with Crippen LogP contribution in [0.4, 0.5) is 5.69 Å². The zero-order valence-corrected chi connectivity index (χ0v) is 15.3. The summed E-state index contributed by atoms with van der Waals surface area (Å²) in [6, 6.07) is 14.6. The third kappa shape index (κ3) is 5.18. The van der Waals surface area contributed by atoms with Gasteiger partial charge in [0.2, 0.25) is 0 Å². The predicted molar refractivity (Wildman–Crippen MR) is 100 cm³/mol. The Balaban J connectivity index is 1.97. The Morgan fingerprint density at radius 3 is 2.24 bits per heavy atom. The van der Waals surface area contributed by atoms with E-state index in [1.54, 1.807) is 24.3 Å². The van der Waals surface area contributed by atoms with Crippen LogP contribution < -0.4 is 10.1 Å². The summed E-state index contributed by atoms with van der Waals surface area (Å²) in [6.45, 7) is 8.06. The lowest BCUT2D eigenvalue weighted by molar-refractivity contribution is -0.118. The second-order valence-electron chi connectivity index (χ2n) is 6.93. The summed E-state index contributed by atoms with van der Waals surface area (Å²) in [5, 5.41) is 2.91. The molecule has 2 aromatic rings. The second-order valence-corrected chi connectivity index (χ2v) is 6.93. The molecule has 0 unspecified atom stereocenters. The molecule has 2 rings (SSSR count). The van der Waals surface area contributed by atoms with E-state index < -0.39 is 0 Å². The molecule has 1 amide bonds. The lowest BCUT2D eigenvalue weighted by Crippen LogP contribution is -2.23. The average molecular weight is 339 g/mol. The van der Waals surface area contributed by atoms with Crippen molar-refractivity contribution in [3.05, 3.63) is 59.7 Å². The van der Waals surface area contributed by atoms with Crippen molar-refractivity contribution in [1.29, 1.82) is 0 Å². The van der Waals surface area contributed by atoms with Gasteiger partial charge in [-0.3, -0.25) is 9.59 Å². The molecule has 2 aromatic carbocycles. The van der Waals surface area contributed by atoms with Crippen LogP contribution in [0.2, 0.25) is 0 Å². The molecule has 25 heavy (non-hydrogen) atoms. The zero-order valence-electron chi connectivity index (χ0n) is 15.3. The SMILES string of the molecule is CCC(=O)c1ccc(OCC(=O)Nc2ccccc2C(C)(C)C)cc1. The number of nitrogens with one attached hydrogen (secondary N) is 1. The molecule has 0 saturated heterocycles. The van der Waals surface area contributed by atoms with Crippen LogP contribution >= 0.6 is 0 Å². The predicted octanol–water partition coefficient (Wildman–Crippen LogP) is 4.59. The number of carbonyl (C=O) groups excluding carboxylic acids is 2. The molecule has 0 heterocycles. The average Bonchev–Trinajstić information content (AvgIpc) is 2.59. The minimum Gasteiger partial charge on any atom is -0.484 e. The van der Waals surface area contributed by atoms with Crippen LogP contribution in [0.15, 0.2) is 48.5 Å². The first kappa shape index (κ1) is 18.7. The van der Waals surface area contributed by atoms with Crippen molar-refractivity contribution < 1.29 is 14.3 Å². The fourth-order valence-electron chi connectivity index (χ4n) is 2.52. The maximum Gasteiger partial charge on any atom is 0.262 e. The summed E-state index contributed by atoms with van der Waals surface area (Å²) in [5.41, 5.74) is 2.46. The molecule has 0 spiro atoms. The summed E-state index contributed by atoms with van der Waals surface area (Å²) < 4.78 is 5.51. The molecule has 0 saturated carbocycles. The highest BCUT2D eigenvalue weighted by atomic mass is 16.5. The third-order valence-corrected chi connectivity index (χ3v) is 3.88. The molecule has 0 radical (unpaired) electrons. The van der Waals surface area contributed by atoms with Crippen LogP contribution in [-0.2, 0) is 10.2 Å². The number of hydrogen-bond acceptors (Lipinski definition) is 3. The smallest absolute Gasteiger partial charge is 0.262 e. The maximum absolute atomic E-state index is 12.2. The standard InChI is InChI=1S/C21H25NO3/c1-5-19(23)15-10-12-16(13-11-15)25-14-20(24)22-18-9-7-6-8-17(18)21(2,3)4/h6-13H,5,14H2,1-4H3,(H,22,24). The molecule has 0 fully saturated rings. The largest absolute Gasteiger partial charge is 0.484 e. The normalized spacial score (nSPS) is 11.0. The first-order valence-electron chi connectivity index (χ1n) is 8.46. The molecular weight excluding hydrogens is 314 g/mol. The summed E-state index contributed by atoms with van der Waals surface area (Å²) >= 11 is 0. The second kappa shape index (κ2) is 7.97. The Kier molecular flexibility index (Phi) is 5.97. The van der Waals surface area contributed by atoms with Gasteiger partial charge in [0, 0.05) is 17.7 Å². The van der Waals surface area contributed by atoms with Gasteiger partial charge in [0.05, 0.1) is 0 Å². The van der Waals surface area contributed by atoms with Crippen LogP contribution in [0.5, 0.6) is 5.75 Å². The number of Topliss-reactive ketones (excluding diaryl/α,β-unsaturated/α-hetero) is 1. The highest BCUT2D eigenvalue weighted by Crippen LogP contribution is 2.29. The highest BCUT2D eigenvalue weighted by Gasteiger charge is 2.18. The molecule has 4 nitrogen and oxygen atoms in total. The van der Waals surface area contributed by atoms with Gasteiger partial charge in [0.1, 0.15) is 5.75 Å². The fourth-order valence-corrected chi connectivity index (χ4v) is 2.52. The van der Waals surface area contributed by atoms with Gasteiger partial charge in [-0.15, -0.1) is 0 Å². The minimum atomic E-state index is -0.217. The number of hydrogen-bond donors (Lipinski definition) is 1. The number of ether oxygens (including phenoxy) is 1. The molecular formula is C21H25NO3. The zero-order chi connectivity index (χ0) is 18.4.